The van der Waals surface area contributed by atoms with E-state index < -0.39 is 0 Å². The first kappa shape index (κ1) is 14.5. The molecule has 0 aliphatic rings. The molecular weight excluding hydrogens is 320 g/mol. The van der Waals surface area contributed by atoms with E-state index in [0.717, 1.165) is 21.6 Å². The molecule has 0 spiro atoms. The number of nitrogens with two attached hydrogens (primary N) is 1. The molecule has 2 rings (SSSR count). The minimum Gasteiger partial charge on any atom is -0.496 e. The SMILES string of the molecule is CCOc1cc(Nc2ccc(OC)c(Br)c2)ccc1N. The van der Waals surface area contributed by atoms with Crippen molar-refractivity contribution in [1.82, 2.24) is 0 Å². The molecule has 20 heavy (non-hydrogen) atoms. The zero-order chi connectivity index (χ0) is 14.5. The Morgan fingerprint density at radius 2 is 1.80 bits per heavy atom. The lowest BCUT2D eigenvalue weighted by molar-refractivity contribution is 0.342. The second-order valence-electron chi connectivity index (χ2n) is 4.16. The van der Waals surface area contributed by atoms with Gasteiger partial charge in [0.1, 0.15) is 11.5 Å². The zero-order valence-electron chi connectivity index (χ0n) is 11.4. The summed E-state index contributed by atoms with van der Waals surface area (Å²) < 4.78 is 11.6. The Morgan fingerprint density at radius 1 is 1.10 bits per heavy atom. The number of methoxy groups -OCH3 is 1. The molecule has 0 saturated heterocycles. The molecule has 5 heteroatoms. The van der Waals surface area contributed by atoms with Gasteiger partial charge in [0, 0.05) is 17.4 Å². The van der Waals surface area contributed by atoms with Crippen LogP contribution < -0.4 is 20.5 Å². The van der Waals surface area contributed by atoms with Gasteiger partial charge in [-0.25, -0.2) is 0 Å². The molecule has 0 bridgehead atoms. The maximum absolute atomic E-state index is 5.85. The number of ether oxygens (including phenoxy) is 2. The quantitative estimate of drug-likeness (QED) is 0.804. The average molecular weight is 337 g/mol. The lowest BCUT2D eigenvalue weighted by Gasteiger charge is -2.12. The molecular formula is C15H17BrN2O2. The molecule has 106 valence electrons. The lowest BCUT2D eigenvalue weighted by Crippen LogP contribution is -1.98. The molecule has 0 atom stereocenters. The van der Waals surface area contributed by atoms with Gasteiger partial charge in [0.15, 0.2) is 0 Å². The van der Waals surface area contributed by atoms with Crippen molar-refractivity contribution in [3.8, 4) is 11.5 Å². The van der Waals surface area contributed by atoms with Crippen LogP contribution in [0.5, 0.6) is 11.5 Å². The van der Waals surface area contributed by atoms with Gasteiger partial charge in [-0.2, -0.15) is 0 Å². The zero-order valence-corrected chi connectivity index (χ0v) is 13.0. The van der Waals surface area contributed by atoms with Crippen molar-refractivity contribution < 1.29 is 9.47 Å². The number of hydrogen-bond acceptors (Lipinski definition) is 4. The van der Waals surface area contributed by atoms with Crippen LogP contribution in [0, 0.1) is 0 Å². The first-order valence-electron chi connectivity index (χ1n) is 6.27. The van der Waals surface area contributed by atoms with E-state index in [1.807, 2.05) is 43.3 Å². The lowest BCUT2D eigenvalue weighted by atomic mass is 10.2. The summed E-state index contributed by atoms with van der Waals surface area (Å²) in [7, 11) is 1.64. The van der Waals surface area contributed by atoms with Gasteiger partial charge in [-0.3, -0.25) is 0 Å². The predicted molar refractivity (Wildman–Crippen MR) is 86.0 cm³/mol. The fourth-order valence-electron chi connectivity index (χ4n) is 1.80. The van der Waals surface area contributed by atoms with E-state index in [2.05, 4.69) is 21.2 Å². The minimum atomic E-state index is 0.585. The van der Waals surface area contributed by atoms with Gasteiger partial charge in [-0.15, -0.1) is 0 Å². The van der Waals surface area contributed by atoms with Crippen LogP contribution in [0.1, 0.15) is 6.92 Å². The summed E-state index contributed by atoms with van der Waals surface area (Å²) in [6, 6.07) is 11.4. The van der Waals surface area contributed by atoms with Crippen LogP contribution in [-0.4, -0.2) is 13.7 Å². The maximum Gasteiger partial charge on any atom is 0.144 e. The number of benzene rings is 2. The van der Waals surface area contributed by atoms with Crippen LogP contribution >= 0.6 is 15.9 Å². The van der Waals surface area contributed by atoms with Crippen LogP contribution in [0.15, 0.2) is 40.9 Å². The summed E-state index contributed by atoms with van der Waals surface area (Å²) in [6.45, 7) is 2.52. The summed E-state index contributed by atoms with van der Waals surface area (Å²) in [4.78, 5) is 0. The number of nitrogens with one attached hydrogen (secondary N) is 1. The van der Waals surface area contributed by atoms with Gasteiger partial charge >= 0.3 is 0 Å². The second-order valence-corrected chi connectivity index (χ2v) is 5.01. The van der Waals surface area contributed by atoms with Crippen molar-refractivity contribution in [2.45, 2.75) is 6.92 Å². The Morgan fingerprint density at radius 3 is 2.45 bits per heavy atom. The highest BCUT2D eigenvalue weighted by molar-refractivity contribution is 9.10. The summed E-state index contributed by atoms with van der Waals surface area (Å²) in [5.41, 5.74) is 8.35. The third kappa shape index (κ3) is 3.36. The van der Waals surface area contributed by atoms with E-state index in [1.165, 1.54) is 0 Å². The van der Waals surface area contributed by atoms with Crippen molar-refractivity contribution in [3.05, 3.63) is 40.9 Å². The Bertz CT molecular complexity index is 602. The molecule has 0 aliphatic heterocycles. The van der Waals surface area contributed by atoms with Crippen molar-refractivity contribution >= 4 is 33.0 Å². The van der Waals surface area contributed by atoms with Crippen LogP contribution in [-0.2, 0) is 0 Å². The average Bonchev–Trinajstić information content (AvgIpc) is 2.43. The second kappa shape index (κ2) is 6.52. The van der Waals surface area contributed by atoms with E-state index in [1.54, 1.807) is 7.11 Å². The first-order valence-corrected chi connectivity index (χ1v) is 7.06. The highest BCUT2D eigenvalue weighted by atomic mass is 79.9. The molecule has 0 heterocycles. The number of halogens is 1. The highest BCUT2D eigenvalue weighted by Crippen LogP contribution is 2.31. The number of rotatable bonds is 5. The summed E-state index contributed by atoms with van der Waals surface area (Å²) in [5, 5.41) is 3.30. The van der Waals surface area contributed by atoms with E-state index >= 15 is 0 Å². The standard InChI is InChI=1S/C15H17BrN2O2/c1-3-20-15-9-11(4-6-13(15)17)18-10-5-7-14(19-2)12(16)8-10/h4-9,18H,3,17H2,1-2H3. The molecule has 0 radical (unpaired) electrons. The Balaban J connectivity index is 2.21. The van der Waals surface area contributed by atoms with E-state index in [0.29, 0.717) is 18.0 Å². The van der Waals surface area contributed by atoms with Gasteiger partial charge in [-0.1, -0.05) is 0 Å². The van der Waals surface area contributed by atoms with Gasteiger partial charge in [0.2, 0.25) is 0 Å². The van der Waals surface area contributed by atoms with Crippen LogP contribution in [0.4, 0.5) is 17.1 Å². The van der Waals surface area contributed by atoms with Crippen molar-refractivity contribution in [1.29, 1.82) is 0 Å². The first-order chi connectivity index (χ1) is 9.63. The molecule has 2 aromatic rings. The molecule has 0 aromatic heterocycles. The highest BCUT2D eigenvalue weighted by Gasteiger charge is 2.04. The Labute approximate surface area is 127 Å². The molecule has 2 aromatic carbocycles. The van der Waals surface area contributed by atoms with Crippen LogP contribution in [0.25, 0.3) is 0 Å². The van der Waals surface area contributed by atoms with Crippen molar-refractivity contribution in [3.63, 3.8) is 0 Å². The molecule has 0 saturated carbocycles. The van der Waals surface area contributed by atoms with E-state index in [9.17, 15) is 0 Å². The van der Waals surface area contributed by atoms with Crippen LogP contribution in [0.2, 0.25) is 0 Å². The third-order valence-electron chi connectivity index (χ3n) is 2.75. The Kier molecular flexibility index (Phi) is 4.74. The molecule has 0 aliphatic carbocycles. The molecule has 3 N–H and O–H groups in total. The monoisotopic (exact) mass is 336 g/mol. The number of nitrogen functional groups attached to an aromatic ring is 1. The van der Waals surface area contributed by atoms with E-state index in [-0.39, 0.29) is 0 Å². The minimum absolute atomic E-state index is 0.585. The number of hydrogen-bond donors (Lipinski definition) is 2. The molecule has 4 nitrogen and oxygen atoms in total. The summed E-state index contributed by atoms with van der Waals surface area (Å²) in [6.07, 6.45) is 0. The maximum atomic E-state index is 5.85. The number of anilines is 3. The van der Waals surface area contributed by atoms with Gasteiger partial charge in [0.25, 0.3) is 0 Å². The van der Waals surface area contributed by atoms with E-state index in [4.69, 9.17) is 15.2 Å². The molecule has 0 unspecified atom stereocenters. The van der Waals surface area contributed by atoms with Gasteiger partial charge < -0.3 is 20.5 Å². The fraction of sp³-hybridized carbons (Fsp3) is 0.200. The third-order valence-corrected chi connectivity index (χ3v) is 3.37. The topological polar surface area (TPSA) is 56.5 Å². The predicted octanol–water partition coefficient (Wildman–Crippen LogP) is 4.18. The van der Waals surface area contributed by atoms with Gasteiger partial charge in [-0.05, 0) is 53.2 Å². The molecule has 0 fully saturated rings. The fourth-order valence-corrected chi connectivity index (χ4v) is 2.34. The summed E-state index contributed by atoms with van der Waals surface area (Å²) in [5.74, 6) is 1.48. The van der Waals surface area contributed by atoms with Crippen molar-refractivity contribution in [2.75, 3.05) is 24.8 Å². The smallest absolute Gasteiger partial charge is 0.144 e. The normalized spacial score (nSPS) is 10.2. The van der Waals surface area contributed by atoms with Gasteiger partial charge in [0.05, 0.1) is 23.9 Å². The Hall–Kier alpha value is -1.88. The van der Waals surface area contributed by atoms with Crippen LogP contribution in [0.3, 0.4) is 0 Å². The molecule has 0 amide bonds. The van der Waals surface area contributed by atoms with Crippen molar-refractivity contribution in [2.24, 2.45) is 0 Å². The largest absolute Gasteiger partial charge is 0.496 e. The summed E-state index contributed by atoms with van der Waals surface area (Å²) >= 11 is 3.46.